The lowest BCUT2D eigenvalue weighted by Crippen LogP contribution is -2.36. The molecule has 1 heterocycles. The Kier molecular flexibility index (Phi) is 8.37. The third kappa shape index (κ3) is 6.24. The van der Waals surface area contributed by atoms with Crippen molar-refractivity contribution in [3.05, 3.63) is 70.0 Å². The summed E-state index contributed by atoms with van der Waals surface area (Å²) in [4.78, 5) is 12.1. The molecular formula is C23H28ClN5OS. The van der Waals surface area contributed by atoms with Crippen LogP contribution in [0.1, 0.15) is 42.3 Å². The second kappa shape index (κ2) is 11.2. The van der Waals surface area contributed by atoms with E-state index in [4.69, 9.17) is 11.6 Å². The van der Waals surface area contributed by atoms with Crippen molar-refractivity contribution in [3.63, 3.8) is 0 Å². The molecule has 0 aliphatic heterocycles. The van der Waals surface area contributed by atoms with Crippen molar-refractivity contribution in [1.82, 2.24) is 25.4 Å². The number of halogens is 1. The molecule has 6 nitrogen and oxygen atoms in total. The highest BCUT2D eigenvalue weighted by molar-refractivity contribution is 7.98. The normalized spacial score (nSPS) is 10.8. The van der Waals surface area contributed by atoms with E-state index in [1.807, 2.05) is 41.8 Å². The molecule has 0 unspecified atom stereocenters. The maximum absolute atomic E-state index is 12.1. The first kappa shape index (κ1) is 23.2. The van der Waals surface area contributed by atoms with E-state index in [0.29, 0.717) is 17.4 Å². The number of thioether (sulfide) groups is 1. The molecule has 0 saturated heterocycles. The van der Waals surface area contributed by atoms with Gasteiger partial charge in [0.2, 0.25) is 0 Å². The van der Waals surface area contributed by atoms with Gasteiger partial charge in [-0.25, -0.2) is 4.79 Å². The number of benzene rings is 2. The van der Waals surface area contributed by atoms with Crippen molar-refractivity contribution in [3.8, 4) is 5.69 Å². The van der Waals surface area contributed by atoms with Gasteiger partial charge in [0.1, 0.15) is 0 Å². The molecule has 3 aromatic rings. The Morgan fingerprint density at radius 2 is 1.90 bits per heavy atom. The Morgan fingerprint density at radius 1 is 1.10 bits per heavy atom. The summed E-state index contributed by atoms with van der Waals surface area (Å²) in [5.41, 5.74) is 4.45. The minimum Gasteiger partial charge on any atom is -0.338 e. The highest BCUT2D eigenvalue weighted by atomic mass is 35.5. The molecule has 164 valence electrons. The van der Waals surface area contributed by atoms with E-state index in [0.717, 1.165) is 35.0 Å². The smallest absolute Gasteiger partial charge is 0.315 e. The summed E-state index contributed by atoms with van der Waals surface area (Å²) in [5, 5.41) is 15.9. The van der Waals surface area contributed by atoms with Crippen LogP contribution in [0.5, 0.6) is 0 Å². The molecule has 2 amide bonds. The fourth-order valence-electron chi connectivity index (χ4n) is 3.09. The third-order valence-corrected chi connectivity index (χ3v) is 6.17. The van der Waals surface area contributed by atoms with Crippen LogP contribution in [0, 0.1) is 13.8 Å². The van der Waals surface area contributed by atoms with Gasteiger partial charge in [0.05, 0.1) is 12.2 Å². The van der Waals surface area contributed by atoms with Gasteiger partial charge in [0, 0.05) is 17.3 Å². The lowest BCUT2D eigenvalue weighted by Gasteiger charge is -2.14. The number of amides is 2. The molecule has 0 fully saturated rings. The zero-order chi connectivity index (χ0) is 22.2. The van der Waals surface area contributed by atoms with Gasteiger partial charge in [0.15, 0.2) is 11.0 Å². The number of rotatable bonds is 9. The van der Waals surface area contributed by atoms with Gasteiger partial charge in [-0.2, -0.15) is 0 Å². The number of unbranched alkanes of at least 4 members (excludes halogenated alkanes) is 1. The van der Waals surface area contributed by atoms with Gasteiger partial charge >= 0.3 is 6.03 Å². The van der Waals surface area contributed by atoms with E-state index in [2.05, 4.69) is 46.8 Å². The van der Waals surface area contributed by atoms with Crippen LogP contribution in [-0.4, -0.2) is 27.3 Å². The molecule has 2 aromatic carbocycles. The SMILES string of the molecule is CCCCNC(=O)NCc1nnc(SCc2ccccc2C)n1-c1cc(Cl)ccc1C. The van der Waals surface area contributed by atoms with Crippen molar-refractivity contribution in [1.29, 1.82) is 0 Å². The van der Waals surface area contributed by atoms with E-state index in [1.54, 1.807) is 11.8 Å². The first-order chi connectivity index (χ1) is 15.0. The molecule has 0 bridgehead atoms. The number of hydrogen-bond acceptors (Lipinski definition) is 4. The predicted molar refractivity (Wildman–Crippen MR) is 127 cm³/mol. The molecule has 0 aliphatic rings. The molecule has 8 heteroatoms. The van der Waals surface area contributed by atoms with E-state index >= 15 is 0 Å². The van der Waals surface area contributed by atoms with Crippen LogP contribution < -0.4 is 10.6 Å². The molecule has 0 atom stereocenters. The standard InChI is InChI=1S/C23H28ClN5OS/c1-4-5-12-25-22(30)26-14-21-27-28-23(31-15-18-9-7-6-8-16(18)2)29(21)20-13-19(24)11-10-17(20)3/h6-11,13H,4-5,12,14-15H2,1-3H3,(H2,25,26,30). The molecule has 31 heavy (non-hydrogen) atoms. The topological polar surface area (TPSA) is 71.8 Å². The molecule has 3 rings (SSSR count). The number of aryl methyl sites for hydroxylation is 2. The summed E-state index contributed by atoms with van der Waals surface area (Å²) in [5.74, 6) is 1.43. The number of aromatic nitrogens is 3. The maximum atomic E-state index is 12.1. The van der Waals surface area contributed by atoms with Gasteiger partial charge in [-0.15, -0.1) is 10.2 Å². The number of hydrogen-bond donors (Lipinski definition) is 2. The minimum absolute atomic E-state index is 0.208. The van der Waals surface area contributed by atoms with E-state index < -0.39 is 0 Å². The number of carbonyl (C=O) groups is 1. The van der Waals surface area contributed by atoms with Gasteiger partial charge in [-0.3, -0.25) is 4.57 Å². The molecular weight excluding hydrogens is 430 g/mol. The second-order valence-electron chi connectivity index (χ2n) is 7.34. The average molecular weight is 458 g/mol. The third-order valence-electron chi connectivity index (χ3n) is 4.95. The summed E-state index contributed by atoms with van der Waals surface area (Å²) < 4.78 is 1.98. The zero-order valence-electron chi connectivity index (χ0n) is 18.1. The van der Waals surface area contributed by atoms with Crippen LogP contribution in [0.2, 0.25) is 5.02 Å². The lowest BCUT2D eigenvalue weighted by molar-refractivity contribution is 0.240. The largest absolute Gasteiger partial charge is 0.338 e. The summed E-state index contributed by atoms with van der Waals surface area (Å²) >= 11 is 7.90. The van der Waals surface area contributed by atoms with Crippen molar-refractivity contribution >= 4 is 29.4 Å². The monoisotopic (exact) mass is 457 g/mol. The fourth-order valence-corrected chi connectivity index (χ4v) is 4.29. The Morgan fingerprint density at radius 3 is 2.68 bits per heavy atom. The highest BCUT2D eigenvalue weighted by Gasteiger charge is 2.17. The first-order valence-electron chi connectivity index (χ1n) is 10.4. The van der Waals surface area contributed by atoms with Gasteiger partial charge in [0.25, 0.3) is 0 Å². The Hall–Kier alpha value is -2.51. The molecule has 0 radical (unpaired) electrons. The highest BCUT2D eigenvalue weighted by Crippen LogP contribution is 2.29. The van der Waals surface area contributed by atoms with Gasteiger partial charge < -0.3 is 10.6 Å². The molecule has 2 N–H and O–H groups in total. The Balaban J connectivity index is 1.84. The average Bonchev–Trinajstić information content (AvgIpc) is 3.16. The summed E-state index contributed by atoms with van der Waals surface area (Å²) in [6.07, 6.45) is 1.98. The molecule has 0 spiro atoms. The molecule has 0 saturated carbocycles. The van der Waals surface area contributed by atoms with Crippen LogP contribution in [0.15, 0.2) is 47.6 Å². The van der Waals surface area contributed by atoms with Crippen LogP contribution in [-0.2, 0) is 12.3 Å². The Labute approximate surface area is 192 Å². The fraction of sp³-hybridized carbons (Fsp3) is 0.348. The predicted octanol–water partition coefficient (Wildman–Crippen LogP) is 5.43. The lowest BCUT2D eigenvalue weighted by atomic mass is 10.1. The number of carbonyl (C=O) groups excluding carboxylic acids is 1. The Bertz CT molecular complexity index is 1040. The van der Waals surface area contributed by atoms with Crippen molar-refractivity contribution in [2.24, 2.45) is 0 Å². The number of nitrogens with one attached hydrogen (secondary N) is 2. The van der Waals surface area contributed by atoms with E-state index in [-0.39, 0.29) is 12.6 Å². The summed E-state index contributed by atoms with van der Waals surface area (Å²) in [6.45, 7) is 7.14. The van der Waals surface area contributed by atoms with E-state index in [1.165, 1.54) is 11.1 Å². The summed E-state index contributed by atoms with van der Waals surface area (Å²) in [7, 11) is 0. The summed E-state index contributed by atoms with van der Waals surface area (Å²) in [6, 6.07) is 13.8. The van der Waals surface area contributed by atoms with Crippen LogP contribution in [0.4, 0.5) is 4.79 Å². The molecule has 1 aromatic heterocycles. The second-order valence-corrected chi connectivity index (χ2v) is 8.72. The van der Waals surface area contributed by atoms with Crippen molar-refractivity contribution < 1.29 is 4.79 Å². The van der Waals surface area contributed by atoms with Crippen molar-refractivity contribution in [2.45, 2.75) is 51.1 Å². The quantitative estimate of drug-likeness (QED) is 0.332. The minimum atomic E-state index is -0.208. The zero-order valence-corrected chi connectivity index (χ0v) is 19.7. The van der Waals surface area contributed by atoms with Crippen LogP contribution in [0.25, 0.3) is 5.69 Å². The van der Waals surface area contributed by atoms with Gasteiger partial charge in [-0.1, -0.05) is 67.0 Å². The van der Waals surface area contributed by atoms with Crippen LogP contribution >= 0.6 is 23.4 Å². The molecule has 0 aliphatic carbocycles. The van der Waals surface area contributed by atoms with Crippen LogP contribution in [0.3, 0.4) is 0 Å². The van der Waals surface area contributed by atoms with Gasteiger partial charge in [-0.05, 0) is 49.1 Å². The van der Waals surface area contributed by atoms with E-state index in [9.17, 15) is 4.79 Å². The number of nitrogens with zero attached hydrogens (tertiary/aromatic N) is 3. The van der Waals surface area contributed by atoms with Crippen molar-refractivity contribution in [2.75, 3.05) is 6.54 Å². The first-order valence-corrected chi connectivity index (χ1v) is 11.8. The number of urea groups is 1. The maximum Gasteiger partial charge on any atom is 0.315 e.